The number of imidazole rings is 1. The zero-order valence-corrected chi connectivity index (χ0v) is 18.7. The Morgan fingerprint density at radius 1 is 1.29 bits per heavy atom. The van der Waals surface area contributed by atoms with Crippen molar-refractivity contribution in [3.63, 3.8) is 0 Å². The molecule has 0 saturated heterocycles. The number of nitrogen functional groups attached to an aromatic ring is 1. The highest BCUT2D eigenvalue weighted by Crippen LogP contribution is 2.41. The SMILES string of the molecule is CC(C)[NH2+]CCCn1c(Sc2cc3c(cc2I)OCO3)nc2c(N)ncnc21. The van der Waals surface area contributed by atoms with Crippen LogP contribution in [0.4, 0.5) is 5.82 Å². The first-order chi connectivity index (χ1) is 13.5. The summed E-state index contributed by atoms with van der Waals surface area (Å²) < 4.78 is 14.2. The first kappa shape index (κ1) is 19.5. The minimum Gasteiger partial charge on any atom is -0.454 e. The first-order valence-electron chi connectivity index (χ1n) is 9.10. The van der Waals surface area contributed by atoms with Gasteiger partial charge in [-0.25, -0.2) is 15.0 Å². The average molecular weight is 513 g/mol. The van der Waals surface area contributed by atoms with Crippen molar-refractivity contribution in [3.8, 4) is 11.5 Å². The third-order valence-corrected chi connectivity index (χ3v) is 6.69. The summed E-state index contributed by atoms with van der Waals surface area (Å²) in [6.45, 7) is 6.52. The van der Waals surface area contributed by atoms with Crippen molar-refractivity contribution in [2.75, 3.05) is 19.1 Å². The molecule has 10 heteroatoms. The van der Waals surface area contributed by atoms with Crippen LogP contribution in [0.3, 0.4) is 0 Å². The zero-order chi connectivity index (χ0) is 19.7. The lowest BCUT2D eigenvalue weighted by molar-refractivity contribution is -0.683. The van der Waals surface area contributed by atoms with E-state index in [2.05, 4.69) is 56.3 Å². The Labute approximate surface area is 180 Å². The van der Waals surface area contributed by atoms with E-state index in [-0.39, 0.29) is 6.79 Å². The van der Waals surface area contributed by atoms with Crippen molar-refractivity contribution in [1.29, 1.82) is 0 Å². The second-order valence-corrected chi connectivity index (χ2v) is 9.01. The summed E-state index contributed by atoms with van der Waals surface area (Å²) in [7, 11) is 0. The molecule has 3 heterocycles. The maximum absolute atomic E-state index is 6.05. The lowest BCUT2D eigenvalue weighted by Crippen LogP contribution is -2.88. The summed E-state index contributed by atoms with van der Waals surface area (Å²) >= 11 is 3.89. The molecule has 8 nitrogen and oxygen atoms in total. The van der Waals surface area contributed by atoms with Gasteiger partial charge in [0.1, 0.15) is 6.33 Å². The lowest BCUT2D eigenvalue weighted by Gasteiger charge is -2.10. The van der Waals surface area contributed by atoms with Crippen LogP contribution >= 0.6 is 34.4 Å². The molecule has 0 atom stereocenters. The van der Waals surface area contributed by atoms with Gasteiger partial charge in [0.05, 0.1) is 12.6 Å². The Balaban J connectivity index is 1.66. The predicted octanol–water partition coefficient (Wildman–Crippen LogP) is 2.25. The first-order valence-corrected chi connectivity index (χ1v) is 11.0. The molecule has 0 fully saturated rings. The van der Waals surface area contributed by atoms with E-state index in [9.17, 15) is 0 Å². The number of hydrogen-bond donors (Lipinski definition) is 2. The average Bonchev–Trinajstić information content (AvgIpc) is 3.24. The number of halogens is 1. The minimum absolute atomic E-state index is 0.260. The van der Waals surface area contributed by atoms with Crippen LogP contribution in [0.15, 0.2) is 28.5 Å². The number of rotatable bonds is 7. The van der Waals surface area contributed by atoms with E-state index in [4.69, 9.17) is 20.2 Å². The van der Waals surface area contributed by atoms with E-state index in [0.29, 0.717) is 17.4 Å². The van der Waals surface area contributed by atoms with Crippen LogP contribution in [0.25, 0.3) is 11.2 Å². The van der Waals surface area contributed by atoms with Crippen LogP contribution in [0.5, 0.6) is 11.5 Å². The molecule has 0 unspecified atom stereocenters. The van der Waals surface area contributed by atoms with Gasteiger partial charge in [0.15, 0.2) is 33.6 Å². The minimum atomic E-state index is 0.260. The van der Waals surface area contributed by atoms with Gasteiger partial charge in [0, 0.05) is 21.4 Å². The van der Waals surface area contributed by atoms with Gasteiger partial charge in [0.2, 0.25) is 6.79 Å². The molecule has 1 aliphatic rings. The maximum Gasteiger partial charge on any atom is 0.231 e. The summed E-state index contributed by atoms with van der Waals surface area (Å²) in [6, 6.07) is 4.57. The molecule has 1 aromatic carbocycles. The normalized spacial score (nSPS) is 13.0. The van der Waals surface area contributed by atoms with Gasteiger partial charge < -0.3 is 25.1 Å². The molecule has 0 amide bonds. The maximum atomic E-state index is 6.05. The molecule has 3 aromatic rings. The number of hydrogen-bond acceptors (Lipinski definition) is 7. The van der Waals surface area contributed by atoms with Crippen molar-refractivity contribution in [3.05, 3.63) is 22.0 Å². The van der Waals surface area contributed by atoms with Crippen LogP contribution in [0.2, 0.25) is 0 Å². The molecule has 4 rings (SSSR count). The standard InChI is InChI=1S/C18H21IN6O2S/c1-10(2)21-4-3-5-25-17-15(16(20)22-8-23-17)24-18(25)28-14-7-13-12(6-11(14)19)26-9-27-13/h6-8,10,21H,3-5,9H2,1-2H3,(H2,20,22,23)/p+1. The fraction of sp³-hybridized carbons (Fsp3) is 0.389. The topological polar surface area (TPSA) is 105 Å². The molecule has 0 spiro atoms. The number of anilines is 1. The third kappa shape index (κ3) is 3.98. The van der Waals surface area contributed by atoms with Gasteiger partial charge in [-0.2, -0.15) is 0 Å². The van der Waals surface area contributed by atoms with Gasteiger partial charge in [-0.1, -0.05) is 11.8 Å². The molecule has 0 saturated carbocycles. The van der Waals surface area contributed by atoms with Crippen LogP contribution < -0.4 is 20.5 Å². The number of nitrogens with two attached hydrogens (primary N) is 2. The summed E-state index contributed by atoms with van der Waals surface area (Å²) in [4.78, 5) is 14.3. The molecule has 0 aliphatic carbocycles. The summed E-state index contributed by atoms with van der Waals surface area (Å²) in [5.74, 6) is 1.94. The van der Waals surface area contributed by atoms with Crippen LogP contribution in [-0.4, -0.2) is 38.9 Å². The molecular weight excluding hydrogens is 491 g/mol. The van der Waals surface area contributed by atoms with Crippen LogP contribution in [-0.2, 0) is 6.54 Å². The Bertz CT molecular complexity index is 1010. The van der Waals surface area contributed by atoms with Crippen molar-refractivity contribution in [2.24, 2.45) is 0 Å². The van der Waals surface area contributed by atoms with Gasteiger partial charge in [0.25, 0.3) is 0 Å². The second kappa shape index (κ2) is 8.29. The molecule has 4 N–H and O–H groups in total. The fourth-order valence-corrected chi connectivity index (χ4v) is 4.70. The highest BCUT2D eigenvalue weighted by atomic mass is 127. The van der Waals surface area contributed by atoms with Crippen LogP contribution in [0.1, 0.15) is 20.3 Å². The van der Waals surface area contributed by atoms with E-state index in [1.54, 1.807) is 11.8 Å². The van der Waals surface area contributed by atoms with Gasteiger partial charge in [-0.3, -0.25) is 0 Å². The number of nitrogens with zero attached hydrogens (tertiary/aromatic N) is 4. The number of ether oxygens (including phenoxy) is 2. The van der Waals surface area contributed by atoms with E-state index in [0.717, 1.165) is 50.3 Å². The van der Waals surface area contributed by atoms with Crippen molar-refractivity contribution in [1.82, 2.24) is 19.5 Å². The number of aromatic nitrogens is 4. The fourth-order valence-electron chi connectivity index (χ4n) is 2.99. The Hall–Kier alpha value is -1.79. The number of benzene rings is 1. The molecule has 28 heavy (non-hydrogen) atoms. The molecule has 1 aliphatic heterocycles. The van der Waals surface area contributed by atoms with E-state index in [1.165, 1.54) is 6.33 Å². The summed E-state index contributed by atoms with van der Waals surface area (Å²) in [5.41, 5.74) is 7.47. The predicted molar refractivity (Wildman–Crippen MR) is 116 cm³/mol. The third-order valence-electron chi connectivity index (χ3n) is 4.38. The number of aryl methyl sites for hydroxylation is 1. The molecule has 0 radical (unpaired) electrons. The van der Waals surface area contributed by atoms with Gasteiger partial charge in [-0.15, -0.1) is 0 Å². The zero-order valence-electron chi connectivity index (χ0n) is 15.7. The monoisotopic (exact) mass is 513 g/mol. The Morgan fingerprint density at radius 2 is 2.07 bits per heavy atom. The Kier molecular flexibility index (Phi) is 5.78. The second-order valence-electron chi connectivity index (χ2n) is 6.84. The van der Waals surface area contributed by atoms with E-state index < -0.39 is 0 Å². The Morgan fingerprint density at radius 3 is 2.86 bits per heavy atom. The molecule has 148 valence electrons. The van der Waals surface area contributed by atoms with E-state index in [1.807, 2.05) is 12.1 Å². The smallest absolute Gasteiger partial charge is 0.231 e. The van der Waals surface area contributed by atoms with Crippen molar-refractivity contribution >= 4 is 51.3 Å². The van der Waals surface area contributed by atoms with Gasteiger partial charge in [-0.05, 0) is 48.6 Å². The summed E-state index contributed by atoms with van der Waals surface area (Å²) in [5, 5.41) is 3.18. The van der Waals surface area contributed by atoms with Crippen molar-refractivity contribution in [2.45, 2.75) is 42.9 Å². The largest absolute Gasteiger partial charge is 0.454 e. The highest BCUT2D eigenvalue weighted by molar-refractivity contribution is 14.1. The number of fused-ring (bicyclic) bond motifs is 2. The molecular formula is C18H22IN6O2S+. The molecule has 2 aromatic heterocycles. The lowest BCUT2D eigenvalue weighted by atomic mass is 10.3. The van der Waals surface area contributed by atoms with E-state index >= 15 is 0 Å². The van der Waals surface area contributed by atoms with Crippen molar-refractivity contribution < 1.29 is 14.8 Å². The highest BCUT2D eigenvalue weighted by Gasteiger charge is 2.20. The van der Waals surface area contributed by atoms with Crippen LogP contribution in [0, 0.1) is 3.57 Å². The van der Waals surface area contributed by atoms with Gasteiger partial charge >= 0.3 is 0 Å². The molecule has 0 bridgehead atoms. The summed E-state index contributed by atoms with van der Waals surface area (Å²) in [6.07, 6.45) is 2.51. The number of quaternary nitrogens is 1. The quantitative estimate of drug-likeness (QED) is 0.369.